The third kappa shape index (κ3) is 3.42. The first kappa shape index (κ1) is 20.3. The number of benzene rings is 1. The summed E-state index contributed by atoms with van der Waals surface area (Å²) < 4.78 is 29.0. The first-order chi connectivity index (χ1) is 12.7. The van der Waals surface area contributed by atoms with Crippen LogP contribution in [-0.2, 0) is 14.8 Å². The standard InChI is InChI=1S/C21H32N2O3S/c1-14-15(2)17(4)20(18(5)16(14)3)27(25,26)23-13-7-6-10-19(23)21(24)22-11-8-9-12-22/h19H,6-13H2,1-5H3. The zero-order chi connectivity index (χ0) is 19.9. The van der Waals surface area contributed by atoms with Crippen LogP contribution in [0.4, 0.5) is 0 Å². The first-order valence-electron chi connectivity index (χ1n) is 10.1. The molecule has 0 bridgehead atoms. The van der Waals surface area contributed by atoms with Crippen LogP contribution in [0.3, 0.4) is 0 Å². The lowest BCUT2D eigenvalue weighted by Gasteiger charge is -2.36. The molecule has 0 aliphatic carbocycles. The third-order valence-electron chi connectivity index (χ3n) is 6.65. The lowest BCUT2D eigenvalue weighted by atomic mass is 9.95. The van der Waals surface area contributed by atoms with Gasteiger partial charge in [-0.15, -0.1) is 0 Å². The molecule has 2 aliphatic heterocycles. The Bertz CT molecular complexity index is 826. The van der Waals surface area contributed by atoms with Crippen LogP contribution in [0.1, 0.15) is 59.9 Å². The quantitative estimate of drug-likeness (QED) is 0.792. The number of piperidine rings is 1. The molecule has 6 heteroatoms. The predicted molar refractivity (Wildman–Crippen MR) is 107 cm³/mol. The van der Waals surface area contributed by atoms with E-state index in [4.69, 9.17) is 0 Å². The molecule has 0 radical (unpaired) electrons. The maximum atomic E-state index is 13.7. The lowest BCUT2D eigenvalue weighted by Crippen LogP contribution is -2.52. The summed E-state index contributed by atoms with van der Waals surface area (Å²) in [7, 11) is -3.72. The Hall–Kier alpha value is -1.40. The van der Waals surface area contributed by atoms with E-state index < -0.39 is 16.1 Å². The molecule has 0 spiro atoms. The average Bonchev–Trinajstić information content (AvgIpc) is 3.19. The number of carbonyl (C=O) groups excluding carboxylic acids is 1. The highest BCUT2D eigenvalue weighted by atomic mass is 32.2. The topological polar surface area (TPSA) is 57.7 Å². The molecule has 2 saturated heterocycles. The van der Waals surface area contributed by atoms with Gasteiger partial charge in [0.25, 0.3) is 0 Å². The van der Waals surface area contributed by atoms with Gasteiger partial charge in [0.2, 0.25) is 15.9 Å². The molecule has 0 N–H and O–H groups in total. The van der Waals surface area contributed by atoms with Crippen LogP contribution in [0.25, 0.3) is 0 Å². The molecule has 1 aromatic rings. The molecule has 1 unspecified atom stereocenters. The molecule has 2 fully saturated rings. The number of likely N-dealkylation sites (tertiary alicyclic amines) is 1. The van der Waals surface area contributed by atoms with Crippen molar-refractivity contribution >= 4 is 15.9 Å². The maximum Gasteiger partial charge on any atom is 0.244 e. The minimum absolute atomic E-state index is 0.00774. The molecule has 0 aromatic heterocycles. The highest BCUT2D eigenvalue weighted by molar-refractivity contribution is 7.89. The highest BCUT2D eigenvalue weighted by Gasteiger charge is 2.41. The van der Waals surface area contributed by atoms with Gasteiger partial charge in [-0.2, -0.15) is 4.31 Å². The monoisotopic (exact) mass is 392 g/mol. The Kier molecular flexibility index (Phi) is 5.69. The molecule has 150 valence electrons. The zero-order valence-electron chi connectivity index (χ0n) is 17.3. The van der Waals surface area contributed by atoms with Crippen LogP contribution in [-0.4, -0.2) is 49.2 Å². The summed E-state index contributed by atoms with van der Waals surface area (Å²) in [6.45, 7) is 11.7. The number of nitrogens with zero attached hydrogens (tertiary/aromatic N) is 2. The number of amides is 1. The van der Waals surface area contributed by atoms with Gasteiger partial charge < -0.3 is 4.90 Å². The summed E-state index contributed by atoms with van der Waals surface area (Å²) in [6.07, 6.45) is 4.36. The molecule has 2 aliphatic rings. The van der Waals surface area contributed by atoms with Crippen molar-refractivity contribution in [1.29, 1.82) is 0 Å². The fourth-order valence-electron chi connectivity index (χ4n) is 4.56. The summed E-state index contributed by atoms with van der Waals surface area (Å²) in [5, 5.41) is 0. The number of carbonyl (C=O) groups is 1. The van der Waals surface area contributed by atoms with Crippen LogP contribution in [0.5, 0.6) is 0 Å². The SMILES string of the molecule is Cc1c(C)c(C)c(S(=O)(=O)N2CCCCC2C(=O)N2CCCC2)c(C)c1C. The molecular weight excluding hydrogens is 360 g/mol. The highest BCUT2D eigenvalue weighted by Crippen LogP contribution is 2.34. The Labute approximate surface area is 163 Å². The van der Waals surface area contributed by atoms with E-state index in [-0.39, 0.29) is 5.91 Å². The van der Waals surface area contributed by atoms with Crippen molar-refractivity contribution < 1.29 is 13.2 Å². The van der Waals surface area contributed by atoms with Crippen molar-refractivity contribution in [3.63, 3.8) is 0 Å². The molecule has 3 rings (SSSR count). The molecule has 1 amide bonds. The van der Waals surface area contributed by atoms with Crippen molar-refractivity contribution in [1.82, 2.24) is 9.21 Å². The Morgan fingerprint density at radius 3 is 1.81 bits per heavy atom. The second-order valence-corrected chi connectivity index (χ2v) is 9.94. The number of rotatable bonds is 3. The van der Waals surface area contributed by atoms with E-state index in [2.05, 4.69) is 0 Å². The van der Waals surface area contributed by atoms with Crippen molar-refractivity contribution in [2.24, 2.45) is 0 Å². The second kappa shape index (κ2) is 7.55. The number of hydrogen-bond donors (Lipinski definition) is 0. The predicted octanol–water partition coefficient (Wildman–Crippen LogP) is 3.39. The largest absolute Gasteiger partial charge is 0.341 e. The molecule has 0 saturated carbocycles. The van der Waals surface area contributed by atoms with E-state index in [0.29, 0.717) is 17.9 Å². The normalized spacial score (nSPS) is 21.7. The van der Waals surface area contributed by atoms with Gasteiger partial charge in [-0.05, 0) is 88.1 Å². The minimum atomic E-state index is -3.72. The van der Waals surface area contributed by atoms with E-state index in [1.807, 2.05) is 39.5 Å². The Morgan fingerprint density at radius 2 is 1.26 bits per heavy atom. The number of sulfonamides is 1. The summed E-state index contributed by atoms with van der Waals surface area (Å²) in [5.41, 5.74) is 4.82. The van der Waals surface area contributed by atoms with Crippen molar-refractivity contribution in [2.75, 3.05) is 19.6 Å². The van der Waals surface area contributed by atoms with E-state index in [1.165, 1.54) is 4.31 Å². The number of hydrogen-bond acceptors (Lipinski definition) is 3. The maximum absolute atomic E-state index is 13.7. The van der Waals surface area contributed by atoms with Gasteiger partial charge in [-0.3, -0.25) is 4.79 Å². The average molecular weight is 393 g/mol. The van der Waals surface area contributed by atoms with E-state index >= 15 is 0 Å². The van der Waals surface area contributed by atoms with Crippen LogP contribution >= 0.6 is 0 Å². The van der Waals surface area contributed by atoms with E-state index in [1.54, 1.807) is 0 Å². The van der Waals surface area contributed by atoms with E-state index in [9.17, 15) is 13.2 Å². The van der Waals surface area contributed by atoms with Gasteiger partial charge in [-0.1, -0.05) is 6.42 Å². The molecular formula is C21H32N2O3S. The van der Waals surface area contributed by atoms with Gasteiger partial charge in [0.05, 0.1) is 4.90 Å². The minimum Gasteiger partial charge on any atom is -0.341 e. The third-order valence-corrected chi connectivity index (χ3v) is 8.84. The molecule has 1 atom stereocenters. The van der Waals surface area contributed by atoms with Gasteiger partial charge >= 0.3 is 0 Å². The van der Waals surface area contributed by atoms with Gasteiger partial charge in [0.15, 0.2) is 0 Å². The first-order valence-corrected chi connectivity index (χ1v) is 11.5. The fraction of sp³-hybridized carbons (Fsp3) is 0.667. The van der Waals surface area contributed by atoms with Gasteiger partial charge in [-0.25, -0.2) is 8.42 Å². The molecule has 2 heterocycles. The van der Waals surface area contributed by atoms with Crippen molar-refractivity contribution in [3.8, 4) is 0 Å². The van der Waals surface area contributed by atoms with E-state index in [0.717, 1.165) is 66.6 Å². The fourth-order valence-corrected chi connectivity index (χ4v) is 6.77. The summed E-state index contributed by atoms with van der Waals surface area (Å²) in [6, 6.07) is -0.553. The summed E-state index contributed by atoms with van der Waals surface area (Å²) >= 11 is 0. The summed E-state index contributed by atoms with van der Waals surface area (Å²) in [5.74, 6) is -0.00774. The molecule has 5 nitrogen and oxygen atoms in total. The van der Waals surface area contributed by atoms with Crippen LogP contribution in [0, 0.1) is 34.6 Å². The van der Waals surface area contributed by atoms with Gasteiger partial charge in [0, 0.05) is 19.6 Å². The Morgan fingerprint density at radius 1 is 0.778 bits per heavy atom. The Balaban J connectivity index is 2.06. The van der Waals surface area contributed by atoms with Crippen molar-refractivity contribution in [3.05, 3.63) is 27.8 Å². The summed E-state index contributed by atoms with van der Waals surface area (Å²) in [4.78, 5) is 15.3. The zero-order valence-corrected chi connectivity index (χ0v) is 18.1. The van der Waals surface area contributed by atoms with Crippen LogP contribution in [0.2, 0.25) is 0 Å². The second-order valence-electron chi connectivity index (χ2n) is 8.11. The van der Waals surface area contributed by atoms with Crippen molar-refractivity contribution in [2.45, 2.75) is 77.7 Å². The molecule has 1 aromatic carbocycles. The molecule has 27 heavy (non-hydrogen) atoms. The smallest absolute Gasteiger partial charge is 0.244 e. The lowest BCUT2D eigenvalue weighted by molar-refractivity contribution is -0.135. The van der Waals surface area contributed by atoms with Crippen LogP contribution in [0.15, 0.2) is 4.90 Å². The van der Waals surface area contributed by atoms with Gasteiger partial charge in [0.1, 0.15) is 6.04 Å². The van der Waals surface area contributed by atoms with Crippen LogP contribution < -0.4 is 0 Å².